The van der Waals surface area contributed by atoms with E-state index >= 15 is 0 Å². The summed E-state index contributed by atoms with van der Waals surface area (Å²) < 4.78 is 0. The molecule has 0 atom stereocenters. The fourth-order valence-electron chi connectivity index (χ4n) is 1.86. The zero-order valence-corrected chi connectivity index (χ0v) is 11.7. The van der Waals surface area contributed by atoms with Gasteiger partial charge >= 0.3 is 5.97 Å². The van der Waals surface area contributed by atoms with Crippen LogP contribution in [0.15, 0.2) is 29.6 Å². The second-order valence-corrected chi connectivity index (χ2v) is 5.30. The molecule has 1 amide bonds. The first kappa shape index (κ1) is 14.1. The van der Waals surface area contributed by atoms with E-state index in [1.807, 2.05) is 13.0 Å². The molecule has 0 saturated carbocycles. The summed E-state index contributed by atoms with van der Waals surface area (Å²) >= 11 is 1.38. The van der Waals surface area contributed by atoms with Crippen molar-refractivity contribution in [2.45, 2.75) is 13.5 Å². The summed E-state index contributed by atoms with van der Waals surface area (Å²) in [6, 6.07) is 6.92. The highest BCUT2D eigenvalue weighted by Gasteiger charge is 2.09. The minimum atomic E-state index is -0.931. The summed E-state index contributed by atoms with van der Waals surface area (Å²) in [6.45, 7) is 2.32. The van der Waals surface area contributed by atoms with E-state index in [-0.39, 0.29) is 5.56 Å². The lowest BCUT2D eigenvalue weighted by Gasteiger charge is -2.10. The summed E-state index contributed by atoms with van der Waals surface area (Å²) in [5.41, 5.74) is 7.66. The first-order chi connectivity index (χ1) is 9.49. The molecule has 2 rings (SSSR count). The Kier molecular flexibility index (Phi) is 4.05. The first-order valence-electron chi connectivity index (χ1n) is 5.93. The number of hydrogen-bond acceptors (Lipinski definition) is 4. The summed E-state index contributed by atoms with van der Waals surface area (Å²) in [6.07, 6.45) is 0. The smallest absolute Gasteiger partial charge is 0.336 e. The number of aromatic carboxylic acids is 1. The third kappa shape index (κ3) is 2.97. The second-order valence-electron chi connectivity index (χ2n) is 4.30. The van der Waals surface area contributed by atoms with Gasteiger partial charge < -0.3 is 16.2 Å². The second kappa shape index (κ2) is 5.75. The summed E-state index contributed by atoms with van der Waals surface area (Å²) in [4.78, 5) is 23.0. The van der Waals surface area contributed by atoms with Crippen molar-refractivity contribution in [3.8, 4) is 0 Å². The number of amides is 1. The average Bonchev–Trinajstić information content (AvgIpc) is 2.86. The number of carboxylic acid groups (broad SMARTS) is 1. The predicted molar refractivity (Wildman–Crippen MR) is 78.3 cm³/mol. The van der Waals surface area contributed by atoms with Crippen molar-refractivity contribution in [1.82, 2.24) is 0 Å². The monoisotopic (exact) mass is 290 g/mol. The molecule has 0 fully saturated rings. The van der Waals surface area contributed by atoms with Crippen molar-refractivity contribution >= 4 is 28.9 Å². The van der Waals surface area contributed by atoms with Crippen LogP contribution < -0.4 is 11.1 Å². The summed E-state index contributed by atoms with van der Waals surface area (Å²) in [7, 11) is 0. The van der Waals surface area contributed by atoms with Crippen molar-refractivity contribution in [1.29, 1.82) is 0 Å². The van der Waals surface area contributed by atoms with Crippen LogP contribution in [0, 0.1) is 6.92 Å². The molecule has 20 heavy (non-hydrogen) atoms. The molecule has 5 nitrogen and oxygen atoms in total. The number of nitrogens with two attached hydrogens (primary N) is 1. The normalized spacial score (nSPS) is 10.2. The number of benzene rings is 1. The highest BCUT2D eigenvalue weighted by Crippen LogP contribution is 2.21. The van der Waals surface area contributed by atoms with Gasteiger partial charge in [0.05, 0.1) is 5.56 Å². The molecule has 104 valence electrons. The maximum atomic E-state index is 11.3. The Morgan fingerprint density at radius 3 is 2.75 bits per heavy atom. The number of nitrogens with one attached hydrogen (secondary N) is 1. The van der Waals surface area contributed by atoms with E-state index in [9.17, 15) is 9.59 Å². The van der Waals surface area contributed by atoms with Crippen LogP contribution in [0.3, 0.4) is 0 Å². The number of anilines is 1. The Morgan fingerprint density at radius 1 is 1.40 bits per heavy atom. The number of carbonyl (C=O) groups excluding carboxylic acids is 1. The maximum Gasteiger partial charge on any atom is 0.336 e. The SMILES string of the molecule is Cc1c(NCc2cc(C(=O)O)cs2)cccc1C(N)=O. The average molecular weight is 290 g/mol. The van der Waals surface area contributed by atoms with Gasteiger partial charge in [0.25, 0.3) is 0 Å². The molecule has 6 heteroatoms. The predicted octanol–water partition coefficient (Wildman–Crippen LogP) is 2.47. The van der Waals surface area contributed by atoms with Gasteiger partial charge in [-0.2, -0.15) is 0 Å². The van der Waals surface area contributed by atoms with Crippen LogP contribution in [-0.4, -0.2) is 17.0 Å². The molecule has 0 radical (unpaired) electrons. The van der Waals surface area contributed by atoms with Crippen molar-refractivity contribution in [2.75, 3.05) is 5.32 Å². The van der Waals surface area contributed by atoms with E-state index in [0.29, 0.717) is 12.1 Å². The fourth-order valence-corrected chi connectivity index (χ4v) is 2.66. The topological polar surface area (TPSA) is 92.4 Å². The van der Waals surface area contributed by atoms with Crippen LogP contribution in [0.4, 0.5) is 5.69 Å². The van der Waals surface area contributed by atoms with Gasteiger partial charge in [-0.05, 0) is 30.7 Å². The van der Waals surface area contributed by atoms with Crippen LogP contribution in [0.2, 0.25) is 0 Å². The van der Waals surface area contributed by atoms with Crippen molar-refractivity contribution in [3.05, 3.63) is 51.2 Å². The third-order valence-electron chi connectivity index (χ3n) is 2.95. The summed E-state index contributed by atoms with van der Waals surface area (Å²) in [5, 5.41) is 13.6. The molecule has 0 unspecified atom stereocenters. The molecule has 0 aliphatic carbocycles. The minimum absolute atomic E-state index is 0.286. The first-order valence-corrected chi connectivity index (χ1v) is 6.81. The Balaban J connectivity index is 2.12. The highest BCUT2D eigenvalue weighted by molar-refractivity contribution is 7.10. The Hall–Kier alpha value is -2.34. The Morgan fingerprint density at radius 2 is 2.15 bits per heavy atom. The quantitative estimate of drug-likeness (QED) is 0.788. The molecule has 1 aromatic carbocycles. The zero-order chi connectivity index (χ0) is 14.7. The highest BCUT2D eigenvalue weighted by atomic mass is 32.1. The molecule has 0 spiro atoms. The van der Waals surface area contributed by atoms with Gasteiger partial charge in [0.2, 0.25) is 5.91 Å². The van der Waals surface area contributed by atoms with Crippen LogP contribution in [0.5, 0.6) is 0 Å². The van der Waals surface area contributed by atoms with Gasteiger partial charge in [-0.1, -0.05) is 6.07 Å². The van der Waals surface area contributed by atoms with Gasteiger partial charge in [0.15, 0.2) is 0 Å². The van der Waals surface area contributed by atoms with Crippen molar-refractivity contribution < 1.29 is 14.7 Å². The van der Waals surface area contributed by atoms with Crippen LogP contribution in [0.1, 0.15) is 31.2 Å². The Bertz CT molecular complexity index is 664. The molecule has 1 aromatic heterocycles. The van der Waals surface area contributed by atoms with Crippen molar-refractivity contribution in [2.24, 2.45) is 5.73 Å². The molecular formula is C14H14N2O3S. The lowest BCUT2D eigenvalue weighted by Crippen LogP contribution is -2.13. The van der Waals surface area contributed by atoms with Crippen LogP contribution in [0.25, 0.3) is 0 Å². The van der Waals surface area contributed by atoms with E-state index in [4.69, 9.17) is 10.8 Å². The number of primary amides is 1. The van der Waals surface area contributed by atoms with E-state index < -0.39 is 11.9 Å². The van der Waals surface area contributed by atoms with Crippen LogP contribution in [-0.2, 0) is 6.54 Å². The number of rotatable bonds is 5. The van der Waals surface area contributed by atoms with Gasteiger partial charge in [0, 0.05) is 28.1 Å². The lowest BCUT2D eigenvalue weighted by molar-refractivity contribution is 0.0697. The fraction of sp³-hybridized carbons (Fsp3) is 0.143. The molecule has 4 N–H and O–H groups in total. The van der Waals surface area contributed by atoms with E-state index in [0.717, 1.165) is 16.1 Å². The molecule has 0 aliphatic heterocycles. The number of thiophene rings is 1. The van der Waals surface area contributed by atoms with Gasteiger partial charge in [-0.15, -0.1) is 11.3 Å². The minimum Gasteiger partial charge on any atom is -0.478 e. The largest absolute Gasteiger partial charge is 0.478 e. The van der Waals surface area contributed by atoms with Gasteiger partial charge in [0.1, 0.15) is 0 Å². The molecule has 0 bridgehead atoms. The van der Waals surface area contributed by atoms with Crippen molar-refractivity contribution in [3.63, 3.8) is 0 Å². The van der Waals surface area contributed by atoms with Gasteiger partial charge in [-0.25, -0.2) is 4.79 Å². The number of hydrogen-bond donors (Lipinski definition) is 3. The van der Waals surface area contributed by atoms with E-state index in [1.54, 1.807) is 23.6 Å². The van der Waals surface area contributed by atoms with E-state index in [1.165, 1.54) is 11.3 Å². The molecule has 0 saturated heterocycles. The molecule has 0 aliphatic rings. The zero-order valence-electron chi connectivity index (χ0n) is 10.8. The van der Waals surface area contributed by atoms with Crippen LogP contribution >= 0.6 is 11.3 Å². The maximum absolute atomic E-state index is 11.3. The lowest BCUT2D eigenvalue weighted by atomic mass is 10.1. The molecule has 1 heterocycles. The summed E-state index contributed by atoms with van der Waals surface area (Å²) in [5.74, 6) is -1.39. The Labute approximate surface area is 120 Å². The standard InChI is InChI=1S/C14H14N2O3S/c1-8-11(13(15)17)3-2-4-12(8)16-6-10-5-9(7-20-10)14(18)19/h2-5,7,16H,6H2,1H3,(H2,15,17)(H,18,19). The third-order valence-corrected chi connectivity index (χ3v) is 3.89. The van der Waals surface area contributed by atoms with Gasteiger partial charge in [-0.3, -0.25) is 4.79 Å². The molecular weight excluding hydrogens is 276 g/mol. The number of carbonyl (C=O) groups is 2. The molecule has 2 aromatic rings. The number of carboxylic acids is 1. The van der Waals surface area contributed by atoms with E-state index in [2.05, 4.69) is 5.32 Å².